The minimum atomic E-state index is -1.12. The Balaban J connectivity index is 4.42. The highest BCUT2D eigenvalue weighted by Crippen LogP contribution is 2.19. The molecule has 0 aromatic heterocycles. The van der Waals surface area contributed by atoms with E-state index in [1.807, 2.05) is 0 Å². The zero-order valence-electron chi connectivity index (χ0n) is 17.6. The van der Waals surface area contributed by atoms with Crippen molar-refractivity contribution in [3.8, 4) is 0 Å². The lowest BCUT2D eigenvalue weighted by atomic mass is 10.1. The summed E-state index contributed by atoms with van der Waals surface area (Å²) in [6, 6.07) is 0. The van der Waals surface area contributed by atoms with Crippen LogP contribution in [0.3, 0.4) is 0 Å². The molecule has 0 amide bonds. The summed E-state index contributed by atoms with van der Waals surface area (Å²) in [6.45, 7) is 11.6. The Kier molecular flexibility index (Phi) is 12.1. The van der Waals surface area contributed by atoms with E-state index >= 15 is 0 Å². The number of azo groups is 1. The number of hydrogen-bond donors (Lipinski definition) is 0. The normalized spacial score (nSPS) is 12.4. The lowest BCUT2D eigenvalue weighted by Crippen LogP contribution is -2.35. The molecule has 0 aliphatic carbocycles. The minimum Gasteiger partial charge on any atom is -0.464 e. The second-order valence-electron chi connectivity index (χ2n) is 7.71. The standard InChI is InChI=1S/C20H38N2O4/c1-7-9-11-13-15-25-17(23)19(3,4)21-22-20(5,6)18(24)26-16-14-12-10-8-2/h7-16H2,1-6H3. The zero-order chi connectivity index (χ0) is 20.1. The molecule has 152 valence electrons. The summed E-state index contributed by atoms with van der Waals surface area (Å²) < 4.78 is 10.5. The number of nitrogens with zero attached hydrogens (tertiary/aromatic N) is 2. The molecular formula is C20H38N2O4. The van der Waals surface area contributed by atoms with Crippen molar-refractivity contribution in [2.75, 3.05) is 13.2 Å². The van der Waals surface area contributed by atoms with Gasteiger partial charge in [-0.15, -0.1) is 0 Å². The lowest BCUT2D eigenvalue weighted by molar-refractivity contribution is -0.151. The Morgan fingerprint density at radius 3 is 1.31 bits per heavy atom. The highest BCUT2D eigenvalue weighted by Gasteiger charge is 2.34. The third-order valence-corrected chi connectivity index (χ3v) is 4.01. The van der Waals surface area contributed by atoms with Crippen LogP contribution in [0.2, 0.25) is 0 Å². The van der Waals surface area contributed by atoms with Crippen LogP contribution < -0.4 is 0 Å². The number of carbonyl (C=O) groups is 2. The topological polar surface area (TPSA) is 77.3 Å². The third-order valence-electron chi connectivity index (χ3n) is 4.01. The van der Waals surface area contributed by atoms with Gasteiger partial charge in [0.05, 0.1) is 13.2 Å². The van der Waals surface area contributed by atoms with Crippen LogP contribution in [0.25, 0.3) is 0 Å². The van der Waals surface area contributed by atoms with E-state index in [9.17, 15) is 9.59 Å². The fraction of sp³-hybridized carbons (Fsp3) is 0.900. The molecule has 0 saturated carbocycles. The molecule has 0 rings (SSSR count). The van der Waals surface area contributed by atoms with Crippen LogP contribution in [0.1, 0.15) is 92.9 Å². The summed E-state index contributed by atoms with van der Waals surface area (Å²) >= 11 is 0. The minimum absolute atomic E-state index is 0.390. The molecule has 0 fully saturated rings. The first-order chi connectivity index (χ1) is 12.2. The predicted octanol–water partition coefficient (Wildman–Crippen LogP) is 5.24. The Bertz CT molecular complexity index is 405. The summed E-state index contributed by atoms with van der Waals surface area (Å²) in [4.78, 5) is 24.3. The summed E-state index contributed by atoms with van der Waals surface area (Å²) in [5.74, 6) is -0.858. The Morgan fingerprint density at radius 1 is 0.654 bits per heavy atom. The van der Waals surface area contributed by atoms with Crippen molar-refractivity contribution in [2.24, 2.45) is 10.2 Å². The molecule has 0 aliphatic rings. The molecule has 0 radical (unpaired) electrons. The molecule has 0 aromatic rings. The third kappa shape index (κ3) is 10.5. The molecule has 0 atom stereocenters. The van der Waals surface area contributed by atoms with Gasteiger partial charge in [-0.25, -0.2) is 9.59 Å². The predicted molar refractivity (Wildman–Crippen MR) is 103 cm³/mol. The molecule has 0 saturated heterocycles. The van der Waals surface area contributed by atoms with Crippen LogP contribution in [-0.2, 0) is 19.1 Å². The summed E-state index contributed by atoms with van der Waals surface area (Å²) in [5, 5.41) is 8.14. The molecule has 0 spiro atoms. The first-order valence-electron chi connectivity index (χ1n) is 9.96. The molecular weight excluding hydrogens is 332 g/mol. The Hall–Kier alpha value is -1.46. The van der Waals surface area contributed by atoms with Crippen molar-refractivity contribution in [3.63, 3.8) is 0 Å². The molecule has 0 heterocycles. The molecule has 6 nitrogen and oxygen atoms in total. The van der Waals surface area contributed by atoms with Gasteiger partial charge in [-0.05, 0) is 40.5 Å². The molecule has 0 unspecified atom stereocenters. The van der Waals surface area contributed by atoms with E-state index in [0.717, 1.165) is 51.4 Å². The molecule has 6 heteroatoms. The maximum absolute atomic E-state index is 12.2. The average molecular weight is 371 g/mol. The van der Waals surface area contributed by atoms with Crippen LogP contribution in [0.4, 0.5) is 0 Å². The summed E-state index contributed by atoms with van der Waals surface area (Å²) in [6.07, 6.45) is 8.33. The van der Waals surface area contributed by atoms with E-state index < -0.39 is 23.0 Å². The Morgan fingerprint density at radius 2 is 1.00 bits per heavy atom. The van der Waals surface area contributed by atoms with E-state index in [-0.39, 0.29) is 0 Å². The van der Waals surface area contributed by atoms with Crippen LogP contribution >= 0.6 is 0 Å². The number of hydrogen-bond acceptors (Lipinski definition) is 6. The van der Waals surface area contributed by atoms with E-state index in [2.05, 4.69) is 24.1 Å². The van der Waals surface area contributed by atoms with Gasteiger partial charge in [0, 0.05) is 0 Å². The molecule has 0 aromatic carbocycles. The largest absolute Gasteiger partial charge is 0.464 e. The van der Waals surface area contributed by atoms with Crippen LogP contribution in [0.5, 0.6) is 0 Å². The first kappa shape index (κ1) is 24.5. The SMILES string of the molecule is CCCCCCOC(=O)C(C)(C)N=NC(C)(C)C(=O)OCCCCCC. The van der Waals surface area contributed by atoms with Gasteiger partial charge in [-0.1, -0.05) is 52.4 Å². The average Bonchev–Trinajstić information content (AvgIpc) is 2.59. The second kappa shape index (κ2) is 12.8. The fourth-order valence-corrected chi connectivity index (χ4v) is 2.07. The molecule has 0 bridgehead atoms. The van der Waals surface area contributed by atoms with Crippen molar-refractivity contribution in [1.82, 2.24) is 0 Å². The van der Waals surface area contributed by atoms with Gasteiger partial charge in [-0.3, -0.25) is 0 Å². The van der Waals surface area contributed by atoms with E-state index in [4.69, 9.17) is 9.47 Å². The molecule has 0 aliphatic heterocycles. The Labute approximate surface area is 159 Å². The lowest BCUT2D eigenvalue weighted by Gasteiger charge is -2.21. The van der Waals surface area contributed by atoms with Gasteiger partial charge >= 0.3 is 11.9 Å². The monoisotopic (exact) mass is 370 g/mol. The van der Waals surface area contributed by atoms with Crippen LogP contribution in [-0.4, -0.2) is 36.2 Å². The second-order valence-corrected chi connectivity index (χ2v) is 7.71. The smallest absolute Gasteiger partial charge is 0.335 e. The first-order valence-corrected chi connectivity index (χ1v) is 9.96. The zero-order valence-corrected chi connectivity index (χ0v) is 17.6. The number of unbranched alkanes of at least 4 members (excludes halogenated alkanes) is 6. The van der Waals surface area contributed by atoms with Crippen LogP contribution in [0, 0.1) is 0 Å². The highest BCUT2D eigenvalue weighted by atomic mass is 16.5. The maximum Gasteiger partial charge on any atom is 0.335 e. The van der Waals surface area contributed by atoms with E-state index in [1.54, 1.807) is 27.7 Å². The van der Waals surface area contributed by atoms with E-state index in [1.165, 1.54) is 0 Å². The van der Waals surface area contributed by atoms with Crippen molar-refractivity contribution in [1.29, 1.82) is 0 Å². The van der Waals surface area contributed by atoms with Gasteiger partial charge in [-0.2, -0.15) is 10.2 Å². The van der Waals surface area contributed by atoms with Gasteiger partial charge in [0.15, 0.2) is 11.1 Å². The summed E-state index contributed by atoms with van der Waals surface area (Å²) in [7, 11) is 0. The van der Waals surface area contributed by atoms with Gasteiger partial charge < -0.3 is 9.47 Å². The van der Waals surface area contributed by atoms with Crippen molar-refractivity contribution >= 4 is 11.9 Å². The van der Waals surface area contributed by atoms with Crippen LogP contribution in [0.15, 0.2) is 10.2 Å². The quantitative estimate of drug-likeness (QED) is 0.238. The number of ether oxygens (including phenoxy) is 2. The number of carbonyl (C=O) groups excluding carboxylic acids is 2. The fourth-order valence-electron chi connectivity index (χ4n) is 2.07. The summed E-state index contributed by atoms with van der Waals surface area (Å²) in [5.41, 5.74) is -2.24. The van der Waals surface area contributed by atoms with Gasteiger partial charge in [0.25, 0.3) is 0 Å². The molecule has 0 N–H and O–H groups in total. The molecule has 26 heavy (non-hydrogen) atoms. The highest BCUT2D eigenvalue weighted by molar-refractivity contribution is 5.81. The van der Waals surface area contributed by atoms with Crippen molar-refractivity contribution in [2.45, 2.75) is 104 Å². The number of rotatable bonds is 14. The van der Waals surface area contributed by atoms with Gasteiger partial charge in [0.2, 0.25) is 0 Å². The maximum atomic E-state index is 12.2. The van der Waals surface area contributed by atoms with Crippen molar-refractivity contribution < 1.29 is 19.1 Å². The van der Waals surface area contributed by atoms with Gasteiger partial charge in [0.1, 0.15) is 0 Å². The van der Waals surface area contributed by atoms with E-state index in [0.29, 0.717) is 13.2 Å². The number of esters is 2. The van der Waals surface area contributed by atoms with Crippen molar-refractivity contribution in [3.05, 3.63) is 0 Å².